The molecule has 0 heterocycles. The van der Waals surface area contributed by atoms with Crippen LogP contribution >= 0.6 is 0 Å². The van der Waals surface area contributed by atoms with Crippen molar-refractivity contribution in [3.05, 3.63) is 29.8 Å². The van der Waals surface area contributed by atoms with E-state index in [0.29, 0.717) is 6.04 Å². The number of benzene rings is 1. The molecular weight excluding hydrogens is 246 g/mol. The maximum atomic E-state index is 5.19. The third kappa shape index (κ3) is 4.52. The third-order valence-electron chi connectivity index (χ3n) is 4.64. The summed E-state index contributed by atoms with van der Waals surface area (Å²) in [6.07, 6.45) is 7.90. The average Bonchev–Trinajstić information content (AvgIpc) is 2.48. The van der Waals surface area contributed by atoms with Crippen LogP contribution in [0.3, 0.4) is 0 Å². The zero-order valence-electron chi connectivity index (χ0n) is 13.2. The van der Waals surface area contributed by atoms with Crippen LogP contribution in [0.25, 0.3) is 0 Å². The molecule has 2 rings (SSSR count). The summed E-state index contributed by atoms with van der Waals surface area (Å²) < 4.78 is 5.19. The molecule has 0 saturated heterocycles. The lowest BCUT2D eigenvalue weighted by Gasteiger charge is -2.32. The lowest BCUT2D eigenvalue weighted by Crippen LogP contribution is -2.42. The zero-order valence-corrected chi connectivity index (χ0v) is 13.2. The molecule has 112 valence electrons. The quantitative estimate of drug-likeness (QED) is 0.840. The maximum absolute atomic E-state index is 5.19. The summed E-state index contributed by atoms with van der Waals surface area (Å²) in [5, 5.41) is 3.84. The van der Waals surface area contributed by atoms with Crippen LogP contribution < -0.4 is 10.1 Å². The smallest absolute Gasteiger partial charge is 0.118 e. The second kappa shape index (κ2) is 7.68. The molecule has 0 unspecified atom stereocenters. The van der Waals surface area contributed by atoms with Gasteiger partial charge in [0.15, 0.2) is 0 Å². The van der Waals surface area contributed by atoms with Crippen LogP contribution in [0.15, 0.2) is 24.3 Å². The molecule has 0 aliphatic heterocycles. The van der Waals surface area contributed by atoms with Crippen LogP contribution in [0.5, 0.6) is 5.75 Å². The van der Waals surface area contributed by atoms with Crippen LogP contribution in [0.1, 0.15) is 51.5 Å². The van der Waals surface area contributed by atoms with Crippen molar-refractivity contribution in [2.45, 2.75) is 64.5 Å². The Balaban J connectivity index is 1.74. The van der Waals surface area contributed by atoms with Crippen LogP contribution in [-0.4, -0.2) is 19.2 Å². The van der Waals surface area contributed by atoms with Gasteiger partial charge in [-0.3, -0.25) is 0 Å². The van der Waals surface area contributed by atoms with Gasteiger partial charge < -0.3 is 10.1 Å². The van der Waals surface area contributed by atoms with Gasteiger partial charge in [0, 0.05) is 12.1 Å². The minimum absolute atomic E-state index is 0.600. The van der Waals surface area contributed by atoms with Gasteiger partial charge in [-0.15, -0.1) is 0 Å². The molecule has 2 nitrogen and oxygen atoms in total. The summed E-state index contributed by atoms with van der Waals surface area (Å²) in [7, 11) is 1.71. The second-order valence-electron chi connectivity index (χ2n) is 6.32. The Hall–Kier alpha value is -1.02. The molecule has 1 aliphatic rings. The fourth-order valence-corrected chi connectivity index (χ4v) is 3.19. The summed E-state index contributed by atoms with van der Waals surface area (Å²) >= 11 is 0. The topological polar surface area (TPSA) is 21.3 Å². The lowest BCUT2D eigenvalue weighted by molar-refractivity contribution is 0.258. The van der Waals surface area contributed by atoms with Crippen LogP contribution in [0.4, 0.5) is 0 Å². The van der Waals surface area contributed by atoms with E-state index in [9.17, 15) is 0 Å². The van der Waals surface area contributed by atoms with E-state index in [-0.39, 0.29) is 0 Å². The van der Waals surface area contributed by atoms with E-state index in [4.69, 9.17) is 4.74 Å². The highest BCUT2D eigenvalue weighted by Crippen LogP contribution is 2.24. The van der Waals surface area contributed by atoms with Crippen LogP contribution in [-0.2, 0) is 6.42 Å². The fraction of sp³-hybridized carbons (Fsp3) is 0.667. The summed E-state index contributed by atoms with van der Waals surface area (Å²) in [5.41, 5.74) is 1.40. The molecule has 3 atom stereocenters. The Morgan fingerprint density at radius 3 is 2.55 bits per heavy atom. The average molecular weight is 275 g/mol. The van der Waals surface area contributed by atoms with Gasteiger partial charge in [-0.2, -0.15) is 0 Å². The molecule has 1 fully saturated rings. The number of ether oxygens (including phenoxy) is 1. The molecule has 0 aromatic heterocycles. The molecule has 1 aromatic rings. The standard InChI is InChI=1S/C18H29NO/c1-14-6-4-5-7-18(14)19-15(2)8-9-16-10-12-17(20-3)13-11-16/h10-15,18-19H,4-9H2,1-3H3/t14-,15+,18+/m0/s1. The number of nitrogens with one attached hydrogen (secondary N) is 1. The van der Waals surface area contributed by atoms with Crippen LogP contribution in [0.2, 0.25) is 0 Å². The first-order valence-corrected chi connectivity index (χ1v) is 8.08. The van der Waals surface area contributed by atoms with Gasteiger partial charge in [0.2, 0.25) is 0 Å². The van der Waals surface area contributed by atoms with E-state index in [1.54, 1.807) is 7.11 Å². The van der Waals surface area contributed by atoms with Crippen molar-refractivity contribution in [3.8, 4) is 5.75 Å². The van der Waals surface area contributed by atoms with Crippen molar-refractivity contribution in [2.24, 2.45) is 5.92 Å². The Morgan fingerprint density at radius 1 is 1.20 bits per heavy atom. The number of hydrogen-bond acceptors (Lipinski definition) is 2. The molecular formula is C18H29NO. The molecule has 0 amide bonds. The molecule has 1 aromatic carbocycles. The number of methoxy groups -OCH3 is 1. The van der Waals surface area contributed by atoms with E-state index >= 15 is 0 Å². The minimum atomic E-state index is 0.600. The molecule has 0 bridgehead atoms. The first kappa shape index (κ1) is 15.4. The zero-order chi connectivity index (χ0) is 14.4. The Bertz CT molecular complexity index is 387. The summed E-state index contributed by atoms with van der Waals surface area (Å²) in [5.74, 6) is 1.78. The van der Waals surface area contributed by atoms with Crippen molar-refractivity contribution in [1.82, 2.24) is 5.32 Å². The predicted molar refractivity (Wildman–Crippen MR) is 85.3 cm³/mol. The molecule has 1 aliphatic carbocycles. The Morgan fingerprint density at radius 2 is 1.90 bits per heavy atom. The van der Waals surface area contributed by atoms with Gasteiger partial charge in [-0.1, -0.05) is 31.9 Å². The summed E-state index contributed by atoms with van der Waals surface area (Å²) in [4.78, 5) is 0. The van der Waals surface area contributed by atoms with E-state index in [1.807, 2.05) is 0 Å². The van der Waals surface area contributed by atoms with Crippen LogP contribution in [0, 0.1) is 5.92 Å². The highest BCUT2D eigenvalue weighted by Gasteiger charge is 2.22. The van der Waals surface area contributed by atoms with Gasteiger partial charge in [-0.25, -0.2) is 0 Å². The first-order valence-electron chi connectivity index (χ1n) is 8.08. The molecule has 0 spiro atoms. The van der Waals surface area contributed by atoms with E-state index in [2.05, 4.69) is 43.4 Å². The van der Waals surface area contributed by atoms with Crippen molar-refractivity contribution in [1.29, 1.82) is 0 Å². The summed E-state index contributed by atoms with van der Waals surface area (Å²) in [6, 6.07) is 9.79. The normalized spacial score (nSPS) is 24.4. The number of hydrogen-bond donors (Lipinski definition) is 1. The van der Waals surface area contributed by atoms with E-state index < -0.39 is 0 Å². The largest absolute Gasteiger partial charge is 0.497 e. The Kier molecular flexibility index (Phi) is 5.90. The highest BCUT2D eigenvalue weighted by atomic mass is 16.5. The predicted octanol–water partition coefficient (Wildman–Crippen LogP) is 4.18. The van der Waals surface area contributed by atoms with Crippen molar-refractivity contribution in [2.75, 3.05) is 7.11 Å². The van der Waals surface area contributed by atoms with Crippen molar-refractivity contribution in [3.63, 3.8) is 0 Å². The highest BCUT2D eigenvalue weighted by molar-refractivity contribution is 5.27. The second-order valence-corrected chi connectivity index (χ2v) is 6.32. The minimum Gasteiger partial charge on any atom is -0.497 e. The number of aryl methyl sites for hydroxylation is 1. The monoisotopic (exact) mass is 275 g/mol. The molecule has 1 N–H and O–H groups in total. The molecule has 1 saturated carbocycles. The van der Waals surface area contributed by atoms with Crippen molar-refractivity contribution < 1.29 is 4.74 Å². The molecule has 20 heavy (non-hydrogen) atoms. The maximum Gasteiger partial charge on any atom is 0.118 e. The van der Waals surface area contributed by atoms with E-state index in [0.717, 1.165) is 24.1 Å². The molecule has 0 radical (unpaired) electrons. The Labute approximate surface area is 123 Å². The lowest BCUT2D eigenvalue weighted by atomic mass is 9.85. The van der Waals surface area contributed by atoms with Gasteiger partial charge in [0.05, 0.1) is 7.11 Å². The SMILES string of the molecule is COc1ccc(CC[C@@H](C)N[C@@H]2CCCC[C@@H]2C)cc1. The van der Waals surface area contributed by atoms with Gasteiger partial charge in [0.25, 0.3) is 0 Å². The number of rotatable bonds is 6. The third-order valence-corrected chi connectivity index (χ3v) is 4.64. The van der Waals surface area contributed by atoms with Gasteiger partial charge in [0.1, 0.15) is 5.75 Å². The first-order chi connectivity index (χ1) is 9.69. The van der Waals surface area contributed by atoms with Gasteiger partial charge >= 0.3 is 0 Å². The van der Waals surface area contributed by atoms with Crippen molar-refractivity contribution >= 4 is 0 Å². The molecule has 2 heteroatoms. The fourth-order valence-electron chi connectivity index (χ4n) is 3.19. The van der Waals surface area contributed by atoms with E-state index in [1.165, 1.54) is 37.7 Å². The van der Waals surface area contributed by atoms with Gasteiger partial charge in [-0.05, 0) is 56.2 Å². The summed E-state index contributed by atoms with van der Waals surface area (Å²) in [6.45, 7) is 4.72.